The summed E-state index contributed by atoms with van der Waals surface area (Å²) in [7, 11) is 2.05. The third-order valence-corrected chi connectivity index (χ3v) is 4.55. The van der Waals surface area contributed by atoms with Gasteiger partial charge in [-0.25, -0.2) is 0 Å². The fourth-order valence-corrected chi connectivity index (χ4v) is 3.30. The largest absolute Gasteiger partial charge is 0.396 e. The van der Waals surface area contributed by atoms with Gasteiger partial charge in [0.15, 0.2) is 0 Å². The molecule has 112 valence electrons. The number of piperidine rings is 1. The normalized spacial score (nSPS) is 20.8. The van der Waals surface area contributed by atoms with E-state index in [-0.39, 0.29) is 0 Å². The molecule has 0 saturated carbocycles. The highest BCUT2D eigenvalue weighted by Gasteiger charge is 2.23. The number of rotatable bonds is 6. The Morgan fingerprint density at radius 3 is 2.45 bits per heavy atom. The van der Waals surface area contributed by atoms with Gasteiger partial charge in [-0.2, -0.15) is 0 Å². The minimum absolute atomic E-state index is 0.354. The zero-order valence-corrected chi connectivity index (χ0v) is 12.8. The van der Waals surface area contributed by atoms with Crippen LogP contribution in [-0.4, -0.2) is 43.3 Å². The van der Waals surface area contributed by atoms with E-state index in [9.17, 15) is 5.11 Å². The number of nitrogens with one attached hydrogen (secondary N) is 1. The van der Waals surface area contributed by atoms with Crippen LogP contribution >= 0.6 is 0 Å². The molecule has 1 aliphatic heterocycles. The van der Waals surface area contributed by atoms with Crippen molar-refractivity contribution in [3.8, 4) is 0 Å². The van der Waals surface area contributed by atoms with Gasteiger partial charge in [-0.15, -0.1) is 0 Å². The van der Waals surface area contributed by atoms with E-state index in [1.165, 1.54) is 5.56 Å². The molecule has 0 aromatic heterocycles. The van der Waals surface area contributed by atoms with E-state index in [1.54, 1.807) is 0 Å². The van der Waals surface area contributed by atoms with Crippen LogP contribution in [0.1, 0.15) is 31.4 Å². The number of benzene rings is 1. The third kappa shape index (κ3) is 4.05. The van der Waals surface area contributed by atoms with Crippen LogP contribution in [0.2, 0.25) is 0 Å². The van der Waals surface area contributed by atoms with Crippen LogP contribution in [-0.2, 0) is 0 Å². The molecule has 1 aliphatic rings. The molecule has 0 radical (unpaired) electrons. The number of aliphatic hydroxyl groups is 1. The SMILES string of the molecule is CN[C@@H](c1ccccc1)[C@@H](C)CN1CCC(CO)CC1. The Morgan fingerprint density at radius 1 is 1.25 bits per heavy atom. The second-order valence-corrected chi connectivity index (χ2v) is 6.08. The lowest BCUT2D eigenvalue weighted by molar-refractivity contribution is 0.116. The molecule has 1 heterocycles. The summed E-state index contributed by atoms with van der Waals surface area (Å²) in [5, 5.41) is 12.7. The van der Waals surface area contributed by atoms with Crippen molar-refractivity contribution in [2.24, 2.45) is 11.8 Å². The Bertz CT molecular complexity index is 374. The molecule has 1 aromatic carbocycles. The molecule has 2 rings (SSSR count). The van der Waals surface area contributed by atoms with Crippen LogP contribution in [0.4, 0.5) is 0 Å². The standard InChI is InChI=1S/C17H28N2O/c1-14(12-19-10-8-15(13-20)9-11-19)17(18-2)16-6-4-3-5-7-16/h3-7,14-15,17-18,20H,8-13H2,1-2H3/t14-,17+/m0/s1. The molecule has 0 amide bonds. The number of hydrogen-bond acceptors (Lipinski definition) is 3. The molecule has 0 spiro atoms. The lowest BCUT2D eigenvalue weighted by Crippen LogP contribution is -2.40. The van der Waals surface area contributed by atoms with E-state index in [0.717, 1.165) is 32.5 Å². The topological polar surface area (TPSA) is 35.5 Å². The van der Waals surface area contributed by atoms with Gasteiger partial charge >= 0.3 is 0 Å². The molecule has 1 fully saturated rings. The number of aliphatic hydroxyl groups excluding tert-OH is 1. The van der Waals surface area contributed by atoms with Crippen molar-refractivity contribution in [1.82, 2.24) is 10.2 Å². The fraction of sp³-hybridized carbons (Fsp3) is 0.647. The Morgan fingerprint density at radius 2 is 1.90 bits per heavy atom. The van der Waals surface area contributed by atoms with Gasteiger partial charge in [-0.1, -0.05) is 37.3 Å². The van der Waals surface area contributed by atoms with Crippen LogP contribution in [0, 0.1) is 11.8 Å². The first-order valence-electron chi connectivity index (χ1n) is 7.80. The molecule has 1 saturated heterocycles. The number of likely N-dealkylation sites (tertiary alicyclic amines) is 1. The lowest BCUT2D eigenvalue weighted by Gasteiger charge is -2.35. The van der Waals surface area contributed by atoms with Gasteiger partial charge in [-0.3, -0.25) is 0 Å². The smallest absolute Gasteiger partial charge is 0.0460 e. The molecule has 2 N–H and O–H groups in total. The predicted octanol–water partition coefficient (Wildman–Crippen LogP) is 2.29. The van der Waals surface area contributed by atoms with Crippen molar-refractivity contribution in [3.63, 3.8) is 0 Å². The third-order valence-electron chi connectivity index (χ3n) is 4.55. The predicted molar refractivity (Wildman–Crippen MR) is 83.7 cm³/mol. The van der Waals surface area contributed by atoms with E-state index in [0.29, 0.717) is 24.5 Å². The Balaban J connectivity index is 1.88. The maximum atomic E-state index is 9.21. The van der Waals surface area contributed by atoms with E-state index in [2.05, 4.69) is 47.5 Å². The number of hydrogen-bond donors (Lipinski definition) is 2. The molecule has 0 unspecified atom stereocenters. The first kappa shape index (κ1) is 15.5. The van der Waals surface area contributed by atoms with Crippen molar-refractivity contribution in [3.05, 3.63) is 35.9 Å². The van der Waals surface area contributed by atoms with Crippen molar-refractivity contribution in [2.45, 2.75) is 25.8 Å². The van der Waals surface area contributed by atoms with Crippen LogP contribution in [0.15, 0.2) is 30.3 Å². The van der Waals surface area contributed by atoms with E-state index in [1.807, 2.05) is 7.05 Å². The molecule has 20 heavy (non-hydrogen) atoms. The fourth-order valence-electron chi connectivity index (χ4n) is 3.30. The van der Waals surface area contributed by atoms with Crippen LogP contribution < -0.4 is 5.32 Å². The minimum Gasteiger partial charge on any atom is -0.396 e. The van der Waals surface area contributed by atoms with E-state index < -0.39 is 0 Å². The van der Waals surface area contributed by atoms with E-state index >= 15 is 0 Å². The van der Waals surface area contributed by atoms with Gasteiger partial charge < -0.3 is 15.3 Å². The van der Waals surface area contributed by atoms with Crippen LogP contribution in [0.5, 0.6) is 0 Å². The first-order valence-corrected chi connectivity index (χ1v) is 7.80. The Labute approximate surface area is 123 Å². The average Bonchev–Trinajstić information content (AvgIpc) is 2.50. The average molecular weight is 276 g/mol. The molecule has 2 atom stereocenters. The summed E-state index contributed by atoms with van der Waals surface area (Å²) in [5.74, 6) is 1.10. The van der Waals surface area contributed by atoms with Crippen LogP contribution in [0.3, 0.4) is 0 Å². The molecule has 3 nitrogen and oxygen atoms in total. The lowest BCUT2D eigenvalue weighted by atomic mass is 9.92. The summed E-state index contributed by atoms with van der Waals surface area (Å²) in [6.45, 7) is 6.05. The van der Waals surface area contributed by atoms with Gasteiger partial charge in [0, 0.05) is 19.2 Å². The van der Waals surface area contributed by atoms with Crippen molar-refractivity contribution >= 4 is 0 Å². The molecule has 3 heteroatoms. The molecule has 0 aliphatic carbocycles. The van der Waals surface area contributed by atoms with Crippen LogP contribution in [0.25, 0.3) is 0 Å². The molecule has 0 bridgehead atoms. The Kier molecular flexibility index (Phi) is 6.02. The van der Waals surface area contributed by atoms with Crippen molar-refractivity contribution < 1.29 is 5.11 Å². The second kappa shape index (κ2) is 7.77. The highest BCUT2D eigenvalue weighted by molar-refractivity contribution is 5.19. The quantitative estimate of drug-likeness (QED) is 0.837. The molecular weight excluding hydrogens is 248 g/mol. The Hall–Kier alpha value is -0.900. The van der Waals surface area contributed by atoms with E-state index in [4.69, 9.17) is 0 Å². The maximum absolute atomic E-state index is 9.21. The second-order valence-electron chi connectivity index (χ2n) is 6.08. The van der Waals surface area contributed by atoms with Crippen molar-refractivity contribution in [2.75, 3.05) is 33.3 Å². The summed E-state index contributed by atoms with van der Waals surface area (Å²) >= 11 is 0. The summed E-state index contributed by atoms with van der Waals surface area (Å²) < 4.78 is 0. The number of nitrogens with zero attached hydrogens (tertiary/aromatic N) is 1. The summed E-state index contributed by atoms with van der Waals surface area (Å²) in [4.78, 5) is 2.55. The zero-order valence-electron chi connectivity index (χ0n) is 12.8. The van der Waals surface area contributed by atoms with Gasteiger partial charge in [0.25, 0.3) is 0 Å². The maximum Gasteiger partial charge on any atom is 0.0460 e. The molecular formula is C17H28N2O. The zero-order chi connectivity index (χ0) is 14.4. The summed E-state index contributed by atoms with van der Waals surface area (Å²) in [6, 6.07) is 11.1. The summed E-state index contributed by atoms with van der Waals surface area (Å²) in [6.07, 6.45) is 2.28. The highest BCUT2D eigenvalue weighted by atomic mass is 16.3. The summed E-state index contributed by atoms with van der Waals surface area (Å²) in [5.41, 5.74) is 1.37. The van der Waals surface area contributed by atoms with Gasteiger partial charge in [0.2, 0.25) is 0 Å². The van der Waals surface area contributed by atoms with Crippen molar-refractivity contribution in [1.29, 1.82) is 0 Å². The molecule has 1 aromatic rings. The minimum atomic E-state index is 0.354. The van der Waals surface area contributed by atoms with Gasteiger partial charge in [0.1, 0.15) is 0 Å². The van der Waals surface area contributed by atoms with Gasteiger partial charge in [0.05, 0.1) is 0 Å². The monoisotopic (exact) mass is 276 g/mol. The van der Waals surface area contributed by atoms with Gasteiger partial charge in [-0.05, 0) is 50.4 Å². The highest BCUT2D eigenvalue weighted by Crippen LogP contribution is 2.24. The first-order chi connectivity index (χ1) is 9.74.